The van der Waals surface area contributed by atoms with E-state index in [0.717, 1.165) is 57.8 Å². The summed E-state index contributed by atoms with van der Waals surface area (Å²) in [6.45, 7) is 4.06. The molecule has 2 amide bonds. The molecule has 0 radical (unpaired) electrons. The van der Waals surface area contributed by atoms with Gasteiger partial charge < -0.3 is 20.2 Å². The zero-order valence-corrected chi connectivity index (χ0v) is 16.8. The monoisotopic (exact) mass is 379 g/mol. The van der Waals surface area contributed by atoms with Gasteiger partial charge in [-0.3, -0.25) is 9.59 Å². The van der Waals surface area contributed by atoms with E-state index in [1.807, 2.05) is 9.80 Å². The van der Waals surface area contributed by atoms with Crippen molar-refractivity contribution in [1.29, 1.82) is 0 Å². The molecule has 1 saturated carbocycles. The van der Waals surface area contributed by atoms with Crippen LogP contribution in [0.25, 0.3) is 0 Å². The Balaban J connectivity index is 1.39. The van der Waals surface area contributed by atoms with Crippen molar-refractivity contribution in [2.45, 2.75) is 76.2 Å². The Hall–Kier alpha value is -1.14. The second-order valence-corrected chi connectivity index (χ2v) is 8.73. The Kier molecular flexibility index (Phi) is 7.53. The fourth-order valence-corrected chi connectivity index (χ4v) is 4.87. The molecule has 27 heavy (non-hydrogen) atoms. The molecule has 0 aromatic carbocycles. The van der Waals surface area contributed by atoms with Crippen molar-refractivity contribution in [1.82, 2.24) is 15.1 Å². The average Bonchev–Trinajstić information content (AvgIpc) is 3.22. The molecule has 0 spiro atoms. The van der Waals surface area contributed by atoms with Crippen LogP contribution in [0.1, 0.15) is 70.6 Å². The molecule has 2 saturated heterocycles. The standard InChI is InChI=1S/C21H37N3O3/c25-19(23-13-4-5-14-23)9-12-22-17-21(27)11-6-15-24(20(21)26)16-10-18-7-2-1-3-8-18/h18,22,27H,1-17H2/t21-/m1/s1. The molecule has 3 rings (SSSR count). The molecule has 1 atom stereocenters. The van der Waals surface area contributed by atoms with Crippen molar-refractivity contribution in [2.75, 3.05) is 39.3 Å². The first-order chi connectivity index (χ1) is 13.1. The zero-order valence-electron chi connectivity index (χ0n) is 16.8. The molecule has 3 aliphatic rings. The number of aliphatic hydroxyl groups is 1. The summed E-state index contributed by atoms with van der Waals surface area (Å²) < 4.78 is 0. The molecular weight excluding hydrogens is 342 g/mol. The fraction of sp³-hybridized carbons (Fsp3) is 0.905. The number of nitrogens with zero attached hydrogens (tertiary/aromatic N) is 2. The van der Waals surface area contributed by atoms with Crippen LogP contribution in [0, 0.1) is 5.92 Å². The topological polar surface area (TPSA) is 72.9 Å². The number of piperidine rings is 1. The molecule has 154 valence electrons. The summed E-state index contributed by atoms with van der Waals surface area (Å²) >= 11 is 0. The number of hydrogen-bond acceptors (Lipinski definition) is 4. The molecule has 6 heteroatoms. The Morgan fingerprint density at radius 1 is 1.07 bits per heavy atom. The first kappa shape index (κ1) is 20.6. The highest BCUT2D eigenvalue weighted by Gasteiger charge is 2.41. The van der Waals surface area contributed by atoms with Crippen molar-refractivity contribution < 1.29 is 14.7 Å². The van der Waals surface area contributed by atoms with E-state index in [-0.39, 0.29) is 18.4 Å². The maximum atomic E-state index is 12.8. The van der Waals surface area contributed by atoms with Gasteiger partial charge in [-0.2, -0.15) is 0 Å². The molecule has 2 N–H and O–H groups in total. The lowest BCUT2D eigenvalue weighted by molar-refractivity contribution is -0.156. The lowest BCUT2D eigenvalue weighted by atomic mass is 9.86. The first-order valence-electron chi connectivity index (χ1n) is 11.1. The molecule has 2 heterocycles. The highest BCUT2D eigenvalue weighted by Crippen LogP contribution is 2.28. The fourth-order valence-electron chi connectivity index (χ4n) is 4.87. The summed E-state index contributed by atoms with van der Waals surface area (Å²) in [5.41, 5.74) is -1.30. The van der Waals surface area contributed by atoms with E-state index < -0.39 is 5.60 Å². The Morgan fingerprint density at radius 3 is 2.56 bits per heavy atom. The molecule has 0 aromatic rings. The SMILES string of the molecule is O=C(CCNC[C@]1(O)CCCN(CCC2CCCCC2)C1=O)N1CCCC1. The maximum Gasteiger partial charge on any atom is 0.255 e. The highest BCUT2D eigenvalue weighted by atomic mass is 16.3. The van der Waals surface area contributed by atoms with Crippen molar-refractivity contribution in [3.63, 3.8) is 0 Å². The van der Waals surface area contributed by atoms with E-state index >= 15 is 0 Å². The smallest absolute Gasteiger partial charge is 0.255 e. The third-order valence-electron chi connectivity index (χ3n) is 6.63. The third-order valence-corrected chi connectivity index (χ3v) is 6.63. The third kappa shape index (κ3) is 5.67. The van der Waals surface area contributed by atoms with Gasteiger partial charge in [0.15, 0.2) is 5.60 Å². The number of carbonyl (C=O) groups is 2. The minimum Gasteiger partial charge on any atom is -0.379 e. The molecule has 6 nitrogen and oxygen atoms in total. The van der Waals surface area contributed by atoms with Gasteiger partial charge in [0.05, 0.1) is 0 Å². The molecule has 2 aliphatic heterocycles. The predicted octanol–water partition coefficient (Wildman–Crippen LogP) is 1.91. The van der Waals surface area contributed by atoms with Gasteiger partial charge in [-0.05, 0) is 38.0 Å². The summed E-state index contributed by atoms with van der Waals surface area (Å²) in [6, 6.07) is 0. The van der Waals surface area contributed by atoms with Gasteiger partial charge in [0.1, 0.15) is 0 Å². The zero-order chi connectivity index (χ0) is 19.1. The predicted molar refractivity (Wildman–Crippen MR) is 105 cm³/mol. The van der Waals surface area contributed by atoms with E-state index in [1.54, 1.807) is 0 Å². The van der Waals surface area contributed by atoms with Crippen molar-refractivity contribution >= 4 is 11.8 Å². The van der Waals surface area contributed by atoms with Gasteiger partial charge >= 0.3 is 0 Å². The van der Waals surface area contributed by atoms with Gasteiger partial charge in [0.25, 0.3) is 5.91 Å². The number of rotatable bonds is 8. The minimum absolute atomic E-state index is 0.122. The Morgan fingerprint density at radius 2 is 1.81 bits per heavy atom. The van der Waals surface area contributed by atoms with Gasteiger partial charge in [-0.25, -0.2) is 0 Å². The van der Waals surface area contributed by atoms with Crippen LogP contribution in [-0.2, 0) is 9.59 Å². The molecular formula is C21H37N3O3. The minimum atomic E-state index is -1.30. The number of nitrogens with one attached hydrogen (secondary N) is 1. The maximum absolute atomic E-state index is 12.8. The van der Waals surface area contributed by atoms with Crippen LogP contribution < -0.4 is 5.32 Å². The summed E-state index contributed by atoms with van der Waals surface area (Å²) in [4.78, 5) is 28.7. The second kappa shape index (κ2) is 9.87. The molecule has 0 aromatic heterocycles. The Bertz CT molecular complexity index is 501. The lowest BCUT2D eigenvalue weighted by Crippen LogP contribution is -2.58. The van der Waals surface area contributed by atoms with Crippen molar-refractivity contribution in [3.8, 4) is 0 Å². The molecule has 1 aliphatic carbocycles. The number of hydrogen-bond donors (Lipinski definition) is 2. The van der Waals surface area contributed by atoms with Gasteiger partial charge in [0.2, 0.25) is 5.91 Å². The van der Waals surface area contributed by atoms with Crippen molar-refractivity contribution in [2.24, 2.45) is 5.92 Å². The largest absolute Gasteiger partial charge is 0.379 e. The first-order valence-corrected chi connectivity index (χ1v) is 11.1. The highest BCUT2D eigenvalue weighted by molar-refractivity contribution is 5.86. The van der Waals surface area contributed by atoms with E-state index in [4.69, 9.17) is 0 Å². The molecule has 3 fully saturated rings. The quantitative estimate of drug-likeness (QED) is 0.632. The number of amides is 2. The molecule has 0 unspecified atom stereocenters. The van der Waals surface area contributed by atoms with Crippen LogP contribution in [0.5, 0.6) is 0 Å². The van der Waals surface area contributed by atoms with Gasteiger partial charge in [-0.15, -0.1) is 0 Å². The van der Waals surface area contributed by atoms with Crippen LogP contribution in [-0.4, -0.2) is 71.6 Å². The van der Waals surface area contributed by atoms with Crippen LogP contribution in [0.15, 0.2) is 0 Å². The van der Waals surface area contributed by atoms with Gasteiger partial charge in [-0.1, -0.05) is 32.1 Å². The molecule has 0 bridgehead atoms. The van der Waals surface area contributed by atoms with E-state index in [2.05, 4.69) is 5.32 Å². The van der Waals surface area contributed by atoms with E-state index in [0.29, 0.717) is 19.4 Å². The van der Waals surface area contributed by atoms with Gasteiger partial charge in [0, 0.05) is 45.7 Å². The van der Waals surface area contributed by atoms with Crippen LogP contribution >= 0.6 is 0 Å². The van der Waals surface area contributed by atoms with Crippen molar-refractivity contribution in [3.05, 3.63) is 0 Å². The second-order valence-electron chi connectivity index (χ2n) is 8.73. The number of likely N-dealkylation sites (tertiary alicyclic amines) is 2. The van der Waals surface area contributed by atoms with Crippen LogP contribution in [0.4, 0.5) is 0 Å². The van der Waals surface area contributed by atoms with E-state index in [1.165, 1.54) is 32.1 Å². The lowest BCUT2D eigenvalue weighted by Gasteiger charge is -2.39. The average molecular weight is 380 g/mol. The van der Waals surface area contributed by atoms with Crippen LogP contribution in [0.3, 0.4) is 0 Å². The number of carbonyl (C=O) groups excluding carboxylic acids is 2. The normalized spacial score (nSPS) is 27.4. The summed E-state index contributed by atoms with van der Waals surface area (Å²) in [7, 11) is 0. The summed E-state index contributed by atoms with van der Waals surface area (Å²) in [5.74, 6) is 0.801. The van der Waals surface area contributed by atoms with E-state index in [9.17, 15) is 14.7 Å². The summed E-state index contributed by atoms with van der Waals surface area (Å²) in [5, 5.41) is 14.0. The Labute approximate surface area is 163 Å². The van der Waals surface area contributed by atoms with Crippen LogP contribution in [0.2, 0.25) is 0 Å². The summed E-state index contributed by atoms with van der Waals surface area (Å²) in [6.07, 6.45) is 11.7.